The van der Waals surface area contributed by atoms with Gasteiger partial charge in [0.2, 0.25) is 11.8 Å². The summed E-state index contributed by atoms with van der Waals surface area (Å²) < 4.78 is 0. The summed E-state index contributed by atoms with van der Waals surface area (Å²) in [5, 5.41) is 4.68. The van der Waals surface area contributed by atoms with E-state index in [1.807, 2.05) is 75.4 Å². The highest BCUT2D eigenvalue weighted by Gasteiger charge is 2.32. The molecule has 196 valence electrons. The molecule has 2 amide bonds. The fraction of sp³-hybridized carbons (Fsp3) is 0.310. The van der Waals surface area contributed by atoms with E-state index in [0.29, 0.717) is 27.2 Å². The Morgan fingerprint density at radius 2 is 1.57 bits per heavy atom. The second-order valence-electron chi connectivity index (χ2n) is 9.79. The van der Waals surface area contributed by atoms with Crippen LogP contribution in [-0.4, -0.2) is 34.0 Å². The van der Waals surface area contributed by atoms with Crippen LogP contribution in [0.4, 0.5) is 0 Å². The number of benzene rings is 3. The van der Waals surface area contributed by atoms with Crippen molar-refractivity contribution >= 4 is 58.4 Å². The number of halogens is 3. The van der Waals surface area contributed by atoms with Crippen molar-refractivity contribution in [3.63, 3.8) is 0 Å². The Kier molecular flexibility index (Phi) is 10.8. The summed E-state index contributed by atoms with van der Waals surface area (Å²) in [7, 11) is 0. The van der Waals surface area contributed by atoms with E-state index >= 15 is 0 Å². The van der Waals surface area contributed by atoms with Gasteiger partial charge in [-0.05, 0) is 55.7 Å². The van der Waals surface area contributed by atoms with Gasteiger partial charge in [-0.15, -0.1) is 11.8 Å². The van der Waals surface area contributed by atoms with Gasteiger partial charge in [-0.25, -0.2) is 0 Å². The lowest BCUT2D eigenvalue weighted by atomic mass is 10.0. The molecule has 0 saturated carbocycles. The molecule has 0 spiro atoms. The number of thioether (sulfide) groups is 1. The lowest BCUT2D eigenvalue weighted by Gasteiger charge is -2.34. The van der Waals surface area contributed by atoms with Crippen LogP contribution in [0.5, 0.6) is 0 Å². The van der Waals surface area contributed by atoms with Crippen LogP contribution in [0.25, 0.3) is 0 Å². The summed E-state index contributed by atoms with van der Waals surface area (Å²) in [4.78, 5) is 28.9. The van der Waals surface area contributed by atoms with Crippen molar-refractivity contribution in [2.45, 2.75) is 51.1 Å². The molecular weight excluding hydrogens is 547 g/mol. The number of rotatable bonds is 10. The van der Waals surface area contributed by atoms with Gasteiger partial charge in [-0.3, -0.25) is 9.59 Å². The Bertz CT molecular complexity index is 1220. The Balaban J connectivity index is 1.91. The second-order valence-corrected chi connectivity index (χ2v) is 12.0. The van der Waals surface area contributed by atoms with Gasteiger partial charge in [0.05, 0.1) is 5.75 Å². The predicted octanol–water partition coefficient (Wildman–Crippen LogP) is 7.43. The molecule has 0 aliphatic carbocycles. The largest absolute Gasteiger partial charge is 0.350 e. The van der Waals surface area contributed by atoms with Crippen LogP contribution >= 0.6 is 46.6 Å². The molecule has 0 radical (unpaired) electrons. The second kappa shape index (κ2) is 13.6. The maximum Gasteiger partial charge on any atom is 0.243 e. The number of nitrogens with zero attached hydrogens (tertiary/aromatic N) is 1. The van der Waals surface area contributed by atoms with Crippen molar-refractivity contribution in [2.75, 3.05) is 5.75 Å². The molecule has 0 fully saturated rings. The van der Waals surface area contributed by atoms with Gasteiger partial charge in [0.1, 0.15) is 6.04 Å². The third kappa shape index (κ3) is 9.26. The molecule has 0 aliphatic heterocycles. The zero-order valence-corrected chi connectivity index (χ0v) is 24.2. The number of carbonyl (C=O) groups is 2. The summed E-state index contributed by atoms with van der Waals surface area (Å²) in [6, 6.07) is 21.7. The number of hydrogen-bond donors (Lipinski definition) is 1. The van der Waals surface area contributed by atoms with Gasteiger partial charge in [0.15, 0.2) is 0 Å². The van der Waals surface area contributed by atoms with E-state index in [9.17, 15) is 9.59 Å². The van der Waals surface area contributed by atoms with Crippen LogP contribution in [0.1, 0.15) is 37.5 Å². The van der Waals surface area contributed by atoms with Crippen molar-refractivity contribution in [2.24, 2.45) is 0 Å². The topological polar surface area (TPSA) is 49.4 Å². The molecule has 0 heterocycles. The van der Waals surface area contributed by atoms with E-state index in [-0.39, 0.29) is 24.1 Å². The fourth-order valence-corrected chi connectivity index (χ4v) is 5.45. The monoisotopic (exact) mass is 576 g/mol. The molecule has 3 rings (SSSR count). The molecule has 3 aromatic rings. The molecule has 0 saturated heterocycles. The lowest BCUT2D eigenvalue weighted by molar-refractivity contribution is -0.140. The fourth-order valence-electron chi connectivity index (χ4n) is 3.79. The smallest absolute Gasteiger partial charge is 0.243 e. The van der Waals surface area contributed by atoms with Crippen molar-refractivity contribution in [1.29, 1.82) is 0 Å². The van der Waals surface area contributed by atoms with E-state index in [1.54, 1.807) is 23.1 Å². The van der Waals surface area contributed by atoms with Gasteiger partial charge >= 0.3 is 0 Å². The van der Waals surface area contributed by atoms with Crippen molar-refractivity contribution in [3.8, 4) is 0 Å². The quantitative estimate of drug-likeness (QED) is 0.272. The first-order valence-electron chi connectivity index (χ1n) is 11.9. The van der Waals surface area contributed by atoms with Crippen LogP contribution in [0.15, 0.2) is 72.8 Å². The predicted molar refractivity (Wildman–Crippen MR) is 156 cm³/mol. The first kappa shape index (κ1) is 29.4. The van der Waals surface area contributed by atoms with Crippen molar-refractivity contribution < 1.29 is 9.59 Å². The van der Waals surface area contributed by atoms with Crippen LogP contribution in [0, 0.1) is 0 Å². The summed E-state index contributed by atoms with van der Waals surface area (Å²) >= 11 is 20.4. The zero-order valence-electron chi connectivity index (χ0n) is 21.1. The molecular formula is C29H31Cl3N2O2S. The van der Waals surface area contributed by atoms with E-state index in [2.05, 4.69) is 5.32 Å². The molecule has 3 aromatic carbocycles. The van der Waals surface area contributed by atoms with Crippen molar-refractivity contribution in [1.82, 2.24) is 10.2 Å². The van der Waals surface area contributed by atoms with Crippen LogP contribution in [0.3, 0.4) is 0 Å². The standard InChI is InChI=1S/C29H31Cl3N2O2S/c1-29(2,3)33-28(36)26(15-20-9-5-4-6-10-20)34(17-21-13-14-23(30)16-25(21)32)27(35)19-37-18-22-11-7-8-12-24(22)31/h4-14,16,26H,15,17-19H2,1-3H3,(H,33,36). The van der Waals surface area contributed by atoms with Gasteiger partial charge in [-0.1, -0.05) is 89.4 Å². The molecule has 4 nitrogen and oxygen atoms in total. The number of amides is 2. The van der Waals surface area contributed by atoms with E-state index in [4.69, 9.17) is 34.8 Å². The summed E-state index contributed by atoms with van der Waals surface area (Å²) in [6.45, 7) is 5.95. The minimum Gasteiger partial charge on any atom is -0.350 e. The number of carbonyl (C=O) groups excluding carboxylic acids is 2. The van der Waals surface area contributed by atoms with Crippen LogP contribution in [-0.2, 0) is 28.3 Å². The summed E-state index contributed by atoms with van der Waals surface area (Å²) in [6.07, 6.45) is 0.370. The maximum atomic E-state index is 13.7. The Morgan fingerprint density at radius 1 is 0.892 bits per heavy atom. The summed E-state index contributed by atoms with van der Waals surface area (Å²) in [5.74, 6) is 0.391. The van der Waals surface area contributed by atoms with E-state index in [0.717, 1.165) is 16.7 Å². The SMILES string of the molecule is CC(C)(C)NC(=O)C(Cc1ccccc1)N(Cc1ccc(Cl)cc1Cl)C(=O)CSCc1ccccc1Cl. The average Bonchev–Trinajstić information content (AvgIpc) is 2.83. The number of nitrogens with one attached hydrogen (secondary N) is 1. The molecule has 1 atom stereocenters. The number of hydrogen-bond acceptors (Lipinski definition) is 3. The molecule has 0 aliphatic rings. The molecule has 0 bridgehead atoms. The lowest BCUT2D eigenvalue weighted by Crippen LogP contribution is -2.54. The normalized spacial score (nSPS) is 12.2. The minimum atomic E-state index is -0.734. The van der Waals surface area contributed by atoms with E-state index in [1.165, 1.54) is 11.8 Å². The van der Waals surface area contributed by atoms with Gasteiger partial charge in [-0.2, -0.15) is 0 Å². The third-order valence-corrected chi connectivity index (χ3v) is 7.49. The summed E-state index contributed by atoms with van der Waals surface area (Å²) in [5.41, 5.74) is 2.18. The molecule has 8 heteroatoms. The van der Waals surface area contributed by atoms with Crippen LogP contribution in [0.2, 0.25) is 15.1 Å². The zero-order chi connectivity index (χ0) is 27.0. The molecule has 0 aromatic heterocycles. The third-order valence-electron chi connectivity index (χ3n) is 5.57. The first-order valence-corrected chi connectivity index (χ1v) is 14.2. The van der Waals surface area contributed by atoms with Crippen LogP contribution < -0.4 is 5.32 Å². The molecule has 1 N–H and O–H groups in total. The molecule has 1 unspecified atom stereocenters. The van der Waals surface area contributed by atoms with Gasteiger partial charge < -0.3 is 10.2 Å². The Hall–Kier alpha value is -2.18. The highest BCUT2D eigenvalue weighted by atomic mass is 35.5. The van der Waals surface area contributed by atoms with Crippen molar-refractivity contribution in [3.05, 3.63) is 105 Å². The highest BCUT2D eigenvalue weighted by Crippen LogP contribution is 2.26. The first-order chi connectivity index (χ1) is 17.5. The maximum absolute atomic E-state index is 13.7. The highest BCUT2D eigenvalue weighted by molar-refractivity contribution is 7.99. The average molecular weight is 578 g/mol. The van der Waals surface area contributed by atoms with E-state index < -0.39 is 11.6 Å². The Labute approximate surface area is 238 Å². The Morgan fingerprint density at radius 3 is 2.22 bits per heavy atom. The minimum absolute atomic E-state index is 0.159. The van der Waals surface area contributed by atoms with Gasteiger partial charge in [0.25, 0.3) is 0 Å². The molecule has 37 heavy (non-hydrogen) atoms. The van der Waals surface area contributed by atoms with Gasteiger partial charge in [0, 0.05) is 39.3 Å².